The van der Waals surface area contributed by atoms with E-state index in [1.165, 1.54) is 23.1 Å². The van der Waals surface area contributed by atoms with Gasteiger partial charge in [-0.05, 0) is 55.3 Å². The summed E-state index contributed by atoms with van der Waals surface area (Å²) in [6.07, 6.45) is 0.621. The van der Waals surface area contributed by atoms with E-state index < -0.39 is 0 Å². The molecule has 4 aromatic rings. The first kappa shape index (κ1) is 24.5. The fraction of sp³-hybridized carbons (Fsp3) is 0.231. The second-order valence-corrected chi connectivity index (χ2v) is 11.1. The molecule has 184 valence electrons. The zero-order chi connectivity index (χ0) is 25.4. The Labute approximate surface area is 221 Å². The number of halogens is 1. The van der Waals surface area contributed by atoms with E-state index in [1.807, 2.05) is 31.2 Å². The molecule has 0 fully saturated rings. The van der Waals surface area contributed by atoms with E-state index >= 15 is 0 Å². The molecule has 2 amide bonds. The van der Waals surface area contributed by atoms with Gasteiger partial charge in [0.2, 0.25) is 11.8 Å². The number of hydrogen-bond donors (Lipinski definition) is 1. The Morgan fingerprint density at radius 3 is 2.56 bits per heavy atom. The lowest BCUT2D eigenvalue weighted by atomic mass is 10.1. The lowest BCUT2D eigenvalue weighted by Gasteiger charge is -2.25. The highest BCUT2D eigenvalue weighted by atomic mass is 35.5. The number of hydrogen-bond acceptors (Lipinski definition) is 6. The van der Waals surface area contributed by atoms with Crippen LogP contribution in [-0.4, -0.2) is 38.6 Å². The average Bonchev–Trinajstić information content (AvgIpc) is 3.23. The highest BCUT2D eigenvalue weighted by molar-refractivity contribution is 7.99. The van der Waals surface area contributed by atoms with Crippen LogP contribution in [0.1, 0.15) is 22.9 Å². The van der Waals surface area contributed by atoms with Gasteiger partial charge < -0.3 is 10.2 Å². The SMILES string of the molecule is CC(=O)N1CCc2c(sc3nc(SCC(=O)Nc4ccc(Cl)cc4)n(-c4ccc(C)cc4)c(=O)c23)C1. The summed E-state index contributed by atoms with van der Waals surface area (Å²) in [5.74, 6) is -0.115. The lowest BCUT2D eigenvalue weighted by Crippen LogP contribution is -2.34. The molecule has 2 aromatic carbocycles. The van der Waals surface area contributed by atoms with Gasteiger partial charge >= 0.3 is 0 Å². The molecule has 36 heavy (non-hydrogen) atoms. The number of thioether (sulfide) groups is 1. The molecule has 0 bridgehead atoms. The number of nitrogens with one attached hydrogen (secondary N) is 1. The molecular weight excluding hydrogens is 516 g/mol. The van der Waals surface area contributed by atoms with Crippen molar-refractivity contribution in [1.82, 2.24) is 14.5 Å². The average molecular weight is 539 g/mol. The number of rotatable bonds is 5. The van der Waals surface area contributed by atoms with Gasteiger partial charge in [0.05, 0.1) is 23.4 Å². The van der Waals surface area contributed by atoms with Gasteiger partial charge in [-0.15, -0.1) is 11.3 Å². The second-order valence-electron chi connectivity index (χ2n) is 8.59. The summed E-state index contributed by atoms with van der Waals surface area (Å²) in [7, 11) is 0. The van der Waals surface area contributed by atoms with E-state index in [2.05, 4.69) is 5.32 Å². The quantitative estimate of drug-likeness (QED) is 0.284. The Balaban J connectivity index is 1.52. The molecule has 3 heterocycles. The lowest BCUT2D eigenvalue weighted by molar-refractivity contribution is -0.129. The first-order valence-corrected chi connectivity index (χ1v) is 13.6. The zero-order valence-corrected chi connectivity index (χ0v) is 22.1. The van der Waals surface area contributed by atoms with Gasteiger partial charge in [-0.25, -0.2) is 4.98 Å². The number of aromatic nitrogens is 2. The van der Waals surface area contributed by atoms with Crippen LogP contribution in [0.2, 0.25) is 5.02 Å². The smallest absolute Gasteiger partial charge is 0.267 e. The van der Waals surface area contributed by atoms with Crippen LogP contribution < -0.4 is 10.9 Å². The minimum Gasteiger partial charge on any atom is -0.337 e. The van der Waals surface area contributed by atoms with Gasteiger partial charge in [-0.2, -0.15) is 0 Å². The number of benzene rings is 2. The Bertz CT molecular complexity index is 1530. The summed E-state index contributed by atoms with van der Waals surface area (Å²) in [4.78, 5) is 46.7. The molecular formula is C26H23ClN4O3S2. The molecule has 0 radical (unpaired) electrons. The van der Waals surface area contributed by atoms with Crippen molar-refractivity contribution >= 4 is 62.4 Å². The van der Waals surface area contributed by atoms with Gasteiger partial charge in [-0.1, -0.05) is 41.1 Å². The molecule has 7 nitrogen and oxygen atoms in total. The Morgan fingerprint density at radius 2 is 1.86 bits per heavy atom. The van der Waals surface area contributed by atoms with Crippen LogP contribution in [0.15, 0.2) is 58.5 Å². The highest BCUT2D eigenvalue weighted by Gasteiger charge is 2.26. The van der Waals surface area contributed by atoms with Crippen LogP contribution in [0.25, 0.3) is 15.9 Å². The van der Waals surface area contributed by atoms with E-state index in [4.69, 9.17) is 16.6 Å². The molecule has 0 unspecified atom stereocenters. The summed E-state index contributed by atoms with van der Waals surface area (Å²) in [5, 5.41) is 4.49. The molecule has 0 saturated carbocycles. The monoisotopic (exact) mass is 538 g/mol. The summed E-state index contributed by atoms with van der Waals surface area (Å²) >= 11 is 8.58. The molecule has 0 aliphatic carbocycles. The van der Waals surface area contributed by atoms with Gasteiger partial charge in [0.25, 0.3) is 5.56 Å². The summed E-state index contributed by atoms with van der Waals surface area (Å²) in [5.41, 5.74) is 3.24. The van der Waals surface area contributed by atoms with Crippen LogP contribution in [0.4, 0.5) is 5.69 Å². The molecule has 5 rings (SSSR count). The minimum absolute atomic E-state index is 0.0195. The predicted octanol–water partition coefficient (Wildman–Crippen LogP) is 5.04. The molecule has 0 atom stereocenters. The first-order valence-electron chi connectivity index (χ1n) is 11.4. The molecule has 10 heteroatoms. The Kier molecular flexibility index (Phi) is 6.87. The standard InChI is InChI=1S/C26H23ClN4O3S2/c1-15-3-9-19(10-4-15)31-25(34)23-20-11-12-30(16(2)32)13-21(20)36-24(23)29-26(31)35-14-22(33)28-18-7-5-17(27)6-8-18/h3-10H,11-14H2,1-2H3,(H,28,33). The van der Waals surface area contributed by atoms with Crippen molar-refractivity contribution in [2.45, 2.75) is 32.0 Å². The van der Waals surface area contributed by atoms with Gasteiger partial charge in [0, 0.05) is 29.1 Å². The maximum atomic E-state index is 13.9. The van der Waals surface area contributed by atoms with Crippen LogP contribution in [-0.2, 0) is 22.6 Å². The van der Waals surface area contributed by atoms with Crippen molar-refractivity contribution in [3.05, 3.63) is 79.9 Å². The molecule has 1 aliphatic heterocycles. The van der Waals surface area contributed by atoms with E-state index in [0.717, 1.165) is 16.0 Å². The van der Waals surface area contributed by atoms with Crippen LogP contribution in [0, 0.1) is 6.92 Å². The number of nitrogens with zero attached hydrogens (tertiary/aromatic N) is 3. The van der Waals surface area contributed by atoms with Gasteiger partial charge in [0.1, 0.15) is 4.83 Å². The van der Waals surface area contributed by atoms with Gasteiger partial charge in [0.15, 0.2) is 5.16 Å². The minimum atomic E-state index is -0.213. The van der Waals surface area contributed by atoms with Gasteiger partial charge in [-0.3, -0.25) is 19.0 Å². The summed E-state index contributed by atoms with van der Waals surface area (Å²) < 4.78 is 1.59. The molecule has 2 aromatic heterocycles. The third-order valence-electron chi connectivity index (χ3n) is 6.04. The molecule has 1 N–H and O–H groups in total. The topological polar surface area (TPSA) is 84.3 Å². The largest absolute Gasteiger partial charge is 0.337 e. The third-order valence-corrected chi connectivity index (χ3v) is 8.34. The molecule has 0 saturated heterocycles. The number of carbonyl (C=O) groups excluding carboxylic acids is 2. The van der Waals surface area contributed by atoms with Crippen LogP contribution in [0.5, 0.6) is 0 Å². The maximum absolute atomic E-state index is 13.9. The highest BCUT2D eigenvalue weighted by Crippen LogP contribution is 2.34. The van der Waals surface area contributed by atoms with Crippen molar-refractivity contribution in [1.29, 1.82) is 0 Å². The first-order chi connectivity index (χ1) is 17.3. The number of anilines is 1. The molecule has 0 spiro atoms. The van der Waals surface area contributed by atoms with E-state index in [0.29, 0.717) is 51.3 Å². The predicted molar refractivity (Wildman–Crippen MR) is 146 cm³/mol. The van der Waals surface area contributed by atoms with E-state index in [9.17, 15) is 14.4 Å². The number of thiophene rings is 1. The number of fused-ring (bicyclic) bond motifs is 3. The fourth-order valence-corrected chi connectivity index (χ4v) is 6.39. The maximum Gasteiger partial charge on any atom is 0.267 e. The summed E-state index contributed by atoms with van der Waals surface area (Å²) in [6.45, 7) is 4.62. The van der Waals surface area contributed by atoms with Crippen molar-refractivity contribution < 1.29 is 9.59 Å². The Hall–Kier alpha value is -3.14. The number of carbonyl (C=O) groups is 2. The molecule has 1 aliphatic rings. The van der Waals surface area contributed by atoms with Crippen molar-refractivity contribution in [2.75, 3.05) is 17.6 Å². The van der Waals surface area contributed by atoms with Crippen LogP contribution in [0.3, 0.4) is 0 Å². The second kappa shape index (κ2) is 10.1. The van der Waals surface area contributed by atoms with E-state index in [-0.39, 0.29) is 23.1 Å². The van der Waals surface area contributed by atoms with Crippen molar-refractivity contribution in [3.63, 3.8) is 0 Å². The Morgan fingerprint density at radius 1 is 1.14 bits per heavy atom. The van der Waals surface area contributed by atoms with Crippen molar-refractivity contribution in [3.8, 4) is 5.69 Å². The normalized spacial score (nSPS) is 13.0. The zero-order valence-electron chi connectivity index (χ0n) is 19.7. The number of aryl methyl sites for hydroxylation is 1. The van der Waals surface area contributed by atoms with E-state index in [1.54, 1.807) is 40.7 Å². The summed E-state index contributed by atoms with van der Waals surface area (Å²) in [6, 6.07) is 14.6. The number of amides is 2. The third kappa shape index (κ3) is 4.91. The van der Waals surface area contributed by atoms with Crippen molar-refractivity contribution in [2.24, 2.45) is 0 Å². The fourth-order valence-electron chi connectivity index (χ4n) is 4.17. The van der Waals surface area contributed by atoms with Crippen LogP contribution >= 0.6 is 34.7 Å².